The Labute approximate surface area is 157 Å². The maximum atomic E-state index is 13.3. The van der Waals surface area contributed by atoms with Crippen LogP contribution in [-0.4, -0.2) is 11.6 Å². The van der Waals surface area contributed by atoms with Gasteiger partial charge in [-0.05, 0) is 29.7 Å². The number of fused-ring (bicyclic) bond motifs is 2. The average Bonchev–Trinajstić information content (AvgIpc) is 3.00. The van der Waals surface area contributed by atoms with Crippen molar-refractivity contribution in [2.24, 2.45) is 4.99 Å². The fourth-order valence-corrected chi connectivity index (χ4v) is 3.57. The zero-order valence-corrected chi connectivity index (χ0v) is 14.5. The van der Waals surface area contributed by atoms with Crippen LogP contribution in [0.3, 0.4) is 0 Å². The second-order valence-electron chi connectivity index (χ2n) is 6.45. The van der Waals surface area contributed by atoms with Gasteiger partial charge in [-0.25, -0.2) is 4.99 Å². The number of hydrogen-bond donors (Lipinski definition) is 0. The van der Waals surface area contributed by atoms with E-state index in [2.05, 4.69) is 12.1 Å². The van der Waals surface area contributed by atoms with Crippen LogP contribution in [0, 0.1) is 0 Å². The molecule has 0 spiro atoms. The van der Waals surface area contributed by atoms with Crippen LogP contribution >= 0.6 is 0 Å². The smallest absolute Gasteiger partial charge is 0.275 e. The minimum Gasteiger partial charge on any atom is -0.275 e. The molecule has 0 N–H and O–H groups in total. The van der Waals surface area contributed by atoms with Crippen molar-refractivity contribution in [3.63, 3.8) is 0 Å². The van der Waals surface area contributed by atoms with Crippen LogP contribution in [0.4, 0.5) is 17.1 Å². The number of nitrogens with zero attached hydrogens (tertiary/aromatic N) is 2. The lowest BCUT2D eigenvalue weighted by atomic mass is 10.1. The number of amides is 1. The summed E-state index contributed by atoms with van der Waals surface area (Å²) in [6.07, 6.45) is 0. The van der Waals surface area contributed by atoms with Crippen LogP contribution in [-0.2, 0) is 4.79 Å². The Hall–Kier alpha value is -3.72. The number of carbonyl (C=O) groups excluding carboxylic acids is 1. The molecule has 0 bridgehead atoms. The van der Waals surface area contributed by atoms with E-state index in [0.717, 1.165) is 33.4 Å². The van der Waals surface area contributed by atoms with E-state index in [-0.39, 0.29) is 5.91 Å². The van der Waals surface area contributed by atoms with Gasteiger partial charge in [0.25, 0.3) is 5.91 Å². The number of carbonyl (C=O) groups is 1. The SMILES string of the molecule is O=C1C(=Nc2cccc3ccccc23)c2ccccc2N1c1ccccc1. The summed E-state index contributed by atoms with van der Waals surface area (Å²) in [5.74, 6) is -0.102. The van der Waals surface area contributed by atoms with Crippen molar-refractivity contribution < 1.29 is 4.79 Å². The average molecular weight is 348 g/mol. The van der Waals surface area contributed by atoms with Crippen molar-refractivity contribution >= 4 is 39.5 Å². The maximum Gasteiger partial charge on any atom is 0.282 e. The van der Waals surface area contributed by atoms with E-state index in [1.54, 1.807) is 4.90 Å². The van der Waals surface area contributed by atoms with Crippen LogP contribution in [0.1, 0.15) is 5.56 Å². The number of hydrogen-bond acceptors (Lipinski definition) is 2. The van der Waals surface area contributed by atoms with Crippen LogP contribution in [0.15, 0.2) is 102 Å². The third kappa shape index (κ3) is 2.52. The molecule has 5 rings (SSSR count). The molecule has 4 aromatic carbocycles. The first-order valence-corrected chi connectivity index (χ1v) is 8.88. The van der Waals surface area contributed by atoms with Crippen LogP contribution < -0.4 is 4.90 Å². The standard InChI is InChI=1S/C24H16N2O/c27-24-23(25-21-15-8-10-17-9-4-5-13-19(17)21)20-14-6-7-16-22(20)26(24)18-11-2-1-3-12-18/h1-16H. The highest BCUT2D eigenvalue weighted by Gasteiger charge is 2.34. The molecule has 3 heteroatoms. The Kier molecular flexibility index (Phi) is 3.58. The van der Waals surface area contributed by atoms with Gasteiger partial charge in [0, 0.05) is 16.6 Å². The Bertz CT molecular complexity index is 1190. The van der Waals surface area contributed by atoms with Crippen molar-refractivity contribution in [2.75, 3.05) is 4.90 Å². The number of anilines is 2. The molecular weight excluding hydrogens is 332 g/mol. The lowest BCUT2D eigenvalue weighted by molar-refractivity contribution is -0.111. The van der Waals surface area contributed by atoms with Gasteiger partial charge in [-0.1, -0.05) is 72.8 Å². The summed E-state index contributed by atoms with van der Waals surface area (Å²) in [7, 11) is 0. The lowest BCUT2D eigenvalue weighted by Gasteiger charge is -2.16. The molecule has 0 atom stereocenters. The summed E-state index contributed by atoms with van der Waals surface area (Å²) in [6, 6.07) is 31.6. The number of para-hydroxylation sites is 2. The van der Waals surface area contributed by atoms with Crippen LogP contribution in [0.25, 0.3) is 10.8 Å². The summed E-state index contributed by atoms with van der Waals surface area (Å²) in [6.45, 7) is 0. The largest absolute Gasteiger partial charge is 0.282 e. The molecule has 0 unspecified atom stereocenters. The molecule has 27 heavy (non-hydrogen) atoms. The Morgan fingerprint density at radius 2 is 1.37 bits per heavy atom. The molecule has 0 aromatic heterocycles. The number of benzene rings is 4. The highest BCUT2D eigenvalue weighted by Crippen LogP contribution is 2.37. The molecular formula is C24H16N2O. The quantitative estimate of drug-likeness (QED) is 0.461. The minimum absolute atomic E-state index is 0.102. The van der Waals surface area contributed by atoms with E-state index in [0.29, 0.717) is 5.71 Å². The molecule has 0 aliphatic carbocycles. The van der Waals surface area contributed by atoms with Gasteiger partial charge in [-0.15, -0.1) is 0 Å². The van der Waals surface area contributed by atoms with E-state index < -0.39 is 0 Å². The Morgan fingerprint density at radius 1 is 0.667 bits per heavy atom. The molecule has 1 amide bonds. The van der Waals surface area contributed by atoms with E-state index in [1.807, 2.05) is 84.9 Å². The molecule has 1 heterocycles. The third-order valence-corrected chi connectivity index (χ3v) is 4.82. The zero-order valence-electron chi connectivity index (χ0n) is 14.5. The predicted octanol–water partition coefficient (Wildman–Crippen LogP) is 5.64. The van der Waals surface area contributed by atoms with Gasteiger partial charge < -0.3 is 0 Å². The Balaban J connectivity index is 1.71. The van der Waals surface area contributed by atoms with Crippen molar-refractivity contribution in [3.05, 3.63) is 103 Å². The first-order chi connectivity index (χ1) is 13.3. The van der Waals surface area contributed by atoms with Gasteiger partial charge >= 0.3 is 0 Å². The van der Waals surface area contributed by atoms with Crippen LogP contribution in [0.5, 0.6) is 0 Å². The first kappa shape index (κ1) is 15.5. The third-order valence-electron chi connectivity index (χ3n) is 4.82. The topological polar surface area (TPSA) is 32.7 Å². The first-order valence-electron chi connectivity index (χ1n) is 8.88. The van der Waals surface area contributed by atoms with E-state index in [1.165, 1.54) is 0 Å². The van der Waals surface area contributed by atoms with Gasteiger partial charge in [-0.3, -0.25) is 9.69 Å². The molecule has 1 aliphatic heterocycles. The molecule has 0 fully saturated rings. The summed E-state index contributed by atoms with van der Waals surface area (Å²) in [4.78, 5) is 19.8. The van der Waals surface area contributed by atoms with Crippen LogP contribution in [0.2, 0.25) is 0 Å². The van der Waals surface area contributed by atoms with Gasteiger partial charge in [-0.2, -0.15) is 0 Å². The molecule has 0 saturated heterocycles. The highest BCUT2D eigenvalue weighted by atomic mass is 16.2. The molecule has 0 radical (unpaired) electrons. The maximum absolute atomic E-state index is 13.3. The summed E-state index contributed by atoms with van der Waals surface area (Å²) >= 11 is 0. The minimum atomic E-state index is -0.102. The molecule has 3 nitrogen and oxygen atoms in total. The molecule has 0 saturated carbocycles. The normalized spacial score (nSPS) is 14.7. The second-order valence-corrected chi connectivity index (χ2v) is 6.45. The van der Waals surface area contributed by atoms with Crippen molar-refractivity contribution in [1.29, 1.82) is 0 Å². The van der Waals surface area contributed by atoms with Crippen molar-refractivity contribution in [3.8, 4) is 0 Å². The van der Waals surface area contributed by atoms with Gasteiger partial charge in [0.05, 0.1) is 11.4 Å². The van der Waals surface area contributed by atoms with E-state index >= 15 is 0 Å². The van der Waals surface area contributed by atoms with Crippen molar-refractivity contribution in [2.45, 2.75) is 0 Å². The Morgan fingerprint density at radius 3 is 2.26 bits per heavy atom. The van der Waals surface area contributed by atoms with E-state index in [9.17, 15) is 4.79 Å². The molecule has 128 valence electrons. The fourth-order valence-electron chi connectivity index (χ4n) is 3.57. The second kappa shape index (κ2) is 6.22. The highest BCUT2D eigenvalue weighted by molar-refractivity contribution is 6.56. The molecule has 4 aromatic rings. The monoisotopic (exact) mass is 348 g/mol. The summed E-state index contributed by atoms with van der Waals surface area (Å²) in [5.41, 5.74) is 3.86. The fraction of sp³-hybridized carbons (Fsp3) is 0. The predicted molar refractivity (Wildman–Crippen MR) is 110 cm³/mol. The van der Waals surface area contributed by atoms with Crippen molar-refractivity contribution in [1.82, 2.24) is 0 Å². The lowest BCUT2D eigenvalue weighted by Crippen LogP contribution is -2.25. The van der Waals surface area contributed by atoms with E-state index in [4.69, 9.17) is 4.99 Å². The van der Waals surface area contributed by atoms with Gasteiger partial charge in [0.15, 0.2) is 0 Å². The van der Waals surface area contributed by atoms with Gasteiger partial charge in [0.1, 0.15) is 5.71 Å². The molecule has 1 aliphatic rings. The summed E-state index contributed by atoms with van der Waals surface area (Å²) < 4.78 is 0. The number of aliphatic imine (C=N–C) groups is 1. The summed E-state index contributed by atoms with van der Waals surface area (Å²) in [5, 5.41) is 2.15. The van der Waals surface area contributed by atoms with Gasteiger partial charge in [0.2, 0.25) is 0 Å². The zero-order chi connectivity index (χ0) is 18.2. The number of rotatable bonds is 2.